The number of aromatic nitrogens is 1. The number of amides is 1. The maximum Gasteiger partial charge on any atom is 0.268 e. The van der Waals surface area contributed by atoms with Gasteiger partial charge in [-0.3, -0.25) is 4.79 Å². The molecule has 1 rings (SSSR count). The maximum absolute atomic E-state index is 11.9. The third-order valence-electron chi connectivity index (χ3n) is 2.70. The van der Waals surface area contributed by atoms with Crippen molar-refractivity contribution in [3.8, 4) is 0 Å². The van der Waals surface area contributed by atoms with Crippen LogP contribution >= 0.6 is 0 Å². The van der Waals surface area contributed by atoms with Gasteiger partial charge >= 0.3 is 0 Å². The Kier molecular flexibility index (Phi) is 5.05. The van der Waals surface area contributed by atoms with E-state index in [0.717, 1.165) is 19.3 Å². The molecule has 0 aliphatic carbocycles. The van der Waals surface area contributed by atoms with Gasteiger partial charge in [0, 0.05) is 25.8 Å². The third-order valence-corrected chi connectivity index (χ3v) is 2.70. The van der Waals surface area contributed by atoms with Crippen LogP contribution in [-0.4, -0.2) is 23.1 Å². The zero-order valence-electron chi connectivity index (χ0n) is 10.1. The molecule has 4 heteroatoms. The first-order valence-corrected chi connectivity index (χ1v) is 5.81. The Morgan fingerprint density at radius 1 is 1.62 bits per heavy atom. The predicted molar refractivity (Wildman–Crippen MR) is 65.2 cm³/mol. The topological polar surface area (TPSA) is 60.0 Å². The largest absolute Gasteiger partial charge is 0.347 e. The van der Waals surface area contributed by atoms with Crippen LogP contribution in [0.5, 0.6) is 0 Å². The van der Waals surface area contributed by atoms with E-state index >= 15 is 0 Å². The number of unbranched alkanes of at least 4 members (excludes halogenated alkanes) is 1. The van der Waals surface area contributed by atoms with Crippen molar-refractivity contribution in [3.05, 3.63) is 24.0 Å². The second-order valence-electron chi connectivity index (χ2n) is 4.05. The molecular weight excluding hydrogens is 202 g/mol. The third kappa shape index (κ3) is 3.38. The van der Waals surface area contributed by atoms with Crippen molar-refractivity contribution < 1.29 is 4.79 Å². The normalized spacial score (nSPS) is 12.4. The molecule has 0 spiro atoms. The van der Waals surface area contributed by atoms with Gasteiger partial charge in [-0.05, 0) is 18.6 Å². The van der Waals surface area contributed by atoms with E-state index in [-0.39, 0.29) is 11.9 Å². The lowest BCUT2D eigenvalue weighted by Gasteiger charge is -2.16. The summed E-state index contributed by atoms with van der Waals surface area (Å²) in [5.74, 6) is -0.0425. The summed E-state index contributed by atoms with van der Waals surface area (Å²) >= 11 is 0. The Morgan fingerprint density at radius 2 is 2.38 bits per heavy atom. The molecular formula is C12H21N3O. The van der Waals surface area contributed by atoms with Gasteiger partial charge in [0.1, 0.15) is 5.69 Å². The molecule has 1 heterocycles. The van der Waals surface area contributed by atoms with Gasteiger partial charge in [-0.1, -0.05) is 19.8 Å². The molecule has 1 amide bonds. The van der Waals surface area contributed by atoms with Gasteiger partial charge in [-0.2, -0.15) is 0 Å². The van der Waals surface area contributed by atoms with Crippen LogP contribution in [0.25, 0.3) is 0 Å². The molecule has 90 valence electrons. The number of aryl methyl sites for hydroxylation is 1. The first-order valence-electron chi connectivity index (χ1n) is 5.81. The number of carbonyl (C=O) groups is 1. The Labute approximate surface area is 96.8 Å². The predicted octanol–water partition coefficient (Wildman–Crippen LogP) is 1.27. The number of carbonyl (C=O) groups excluding carboxylic acids is 1. The fourth-order valence-corrected chi connectivity index (χ4v) is 1.66. The Bertz CT molecular complexity index is 333. The van der Waals surface area contributed by atoms with E-state index in [9.17, 15) is 4.79 Å². The lowest BCUT2D eigenvalue weighted by atomic mass is 10.1. The minimum absolute atomic E-state index is 0.0425. The SMILES string of the molecule is CCCCC(CN)NC(=O)c1cccn1C. The summed E-state index contributed by atoms with van der Waals surface area (Å²) in [6.45, 7) is 2.63. The van der Waals surface area contributed by atoms with Crippen molar-refractivity contribution in [1.29, 1.82) is 0 Å². The van der Waals surface area contributed by atoms with Crippen LogP contribution in [-0.2, 0) is 7.05 Å². The molecule has 0 bridgehead atoms. The van der Waals surface area contributed by atoms with E-state index in [4.69, 9.17) is 5.73 Å². The Morgan fingerprint density at radius 3 is 2.88 bits per heavy atom. The summed E-state index contributed by atoms with van der Waals surface area (Å²) in [6.07, 6.45) is 5.02. The standard InChI is InChI=1S/C12H21N3O/c1-3-4-6-10(9-13)14-12(16)11-7-5-8-15(11)2/h5,7-8,10H,3-4,6,9,13H2,1-2H3,(H,14,16). The van der Waals surface area contributed by atoms with Crippen LogP contribution in [0.4, 0.5) is 0 Å². The van der Waals surface area contributed by atoms with Gasteiger partial charge in [0.25, 0.3) is 5.91 Å². The number of rotatable bonds is 6. The molecule has 0 aliphatic rings. The lowest BCUT2D eigenvalue weighted by molar-refractivity contribution is 0.0927. The van der Waals surface area contributed by atoms with Crippen molar-refractivity contribution >= 4 is 5.91 Å². The molecule has 1 unspecified atom stereocenters. The molecule has 16 heavy (non-hydrogen) atoms. The zero-order chi connectivity index (χ0) is 12.0. The van der Waals surface area contributed by atoms with Crippen molar-refractivity contribution in [3.63, 3.8) is 0 Å². The molecule has 4 nitrogen and oxygen atoms in total. The minimum Gasteiger partial charge on any atom is -0.347 e. The molecule has 1 aromatic heterocycles. The molecule has 1 atom stereocenters. The smallest absolute Gasteiger partial charge is 0.268 e. The summed E-state index contributed by atoms with van der Waals surface area (Å²) in [5, 5.41) is 2.96. The van der Waals surface area contributed by atoms with Crippen LogP contribution in [0.2, 0.25) is 0 Å². The summed E-state index contributed by atoms with van der Waals surface area (Å²) in [6, 6.07) is 3.75. The van der Waals surface area contributed by atoms with Crippen LogP contribution in [0, 0.1) is 0 Å². The monoisotopic (exact) mass is 223 g/mol. The highest BCUT2D eigenvalue weighted by atomic mass is 16.2. The van der Waals surface area contributed by atoms with Crippen LogP contribution in [0.15, 0.2) is 18.3 Å². The zero-order valence-corrected chi connectivity index (χ0v) is 10.1. The number of nitrogens with zero attached hydrogens (tertiary/aromatic N) is 1. The van der Waals surface area contributed by atoms with Gasteiger partial charge < -0.3 is 15.6 Å². The highest BCUT2D eigenvalue weighted by Gasteiger charge is 2.13. The fourth-order valence-electron chi connectivity index (χ4n) is 1.66. The maximum atomic E-state index is 11.9. The molecule has 0 saturated carbocycles. The number of hydrogen-bond acceptors (Lipinski definition) is 2. The number of nitrogens with one attached hydrogen (secondary N) is 1. The van der Waals surface area contributed by atoms with E-state index in [1.807, 2.05) is 29.9 Å². The molecule has 0 aromatic carbocycles. The van der Waals surface area contributed by atoms with Gasteiger partial charge in [0.2, 0.25) is 0 Å². The lowest BCUT2D eigenvalue weighted by Crippen LogP contribution is -2.40. The quantitative estimate of drug-likeness (QED) is 0.763. The van der Waals surface area contributed by atoms with Crippen LogP contribution < -0.4 is 11.1 Å². The van der Waals surface area contributed by atoms with Gasteiger partial charge in [0.15, 0.2) is 0 Å². The summed E-state index contributed by atoms with van der Waals surface area (Å²) in [5.41, 5.74) is 6.31. The van der Waals surface area contributed by atoms with Crippen molar-refractivity contribution in [2.75, 3.05) is 6.54 Å². The Balaban J connectivity index is 2.52. The molecule has 0 fully saturated rings. The molecule has 1 aromatic rings. The first kappa shape index (κ1) is 12.8. The average molecular weight is 223 g/mol. The van der Waals surface area contributed by atoms with Gasteiger partial charge in [-0.15, -0.1) is 0 Å². The van der Waals surface area contributed by atoms with E-state index in [1.54, 1.807) is 0 Å². The van der Waals surface area contributed by atoms with E-state index < -0.39 is 0 Å². The summed E-state index contributed by atoms with van der Waals surface area (Å²) < 4.78 is 1.81. The summed E-state index contributed by atoms with van der Waals surface area (Å²) in [4.78, 5) is 11.9. The molecule has 0 radical (unpaired) electrons. The van der Waals surface area contributed by atoms with Crippen LogP contribution in [0.3, 0.4) is 0 Å². The second kappa shape index (κ2) is 6.33. The Hall–Kier alpha value is -1.29. The highest BCUT2D eigenvalue weighted by Crippen LogP contribution is 2.03. The highest BCUT2D eigenvalue weighted by molar-refractivity contribution is 5.92. The summed E-state index contributed by atoms with van der Waals surface area (Å²) in [7, 11) is 1.86. The number of hydrogen-bond donors (Lipinski definition) is 2. The first-order chi connectivity index (χ1) is 7.69. The van der Waals surface area contributed by atoms with Crippen molar-refractivity contribution in [1.82, 2.24) is 9.88 Å². The van der Waals surface area contributed by atoms with Crippen LogP contribution in [0.1, 0.15) is 36.7 Å². The van der Waals surface area contributed by atoms with E-state index in [1.165, 1.54) is 0 Å². The van der Waals surface area contributed by atoms with Crippen molar-refractivity contribution in [2.45, 2.75) is 32.2 Å². The van der Waals surface area contributed by atoms with Gasteiger partial charge in [0.05, 0.1) is 0 Å². The average Bonchev–Trinajstić information content (AvgIpc) is 2.70. The van der Waals surface area contributed by atoms with E-state index in [2.05, 4.69) is 12.2 Å². The minimum atomic E-state index is -0.0425. The molecule has 0 aliphatic heterocycles. The second-order valence-corrected chi connectivity index (χ2v) is 4.05. The molecule has 3 N–H and O–H groups in total. The number of nitrogens with two attached hydrogens (primary N) is 1. The molecule has 0 saturated heterocycles. The van der Waals surface area contributed by atoms with Gasteiger partial charge in [-0.25, -0.2) is 0 Å². The van der Waals surface area contributed by atoms with E-state index in [0.29, 0.717) is 12.2 Å². The van der Waals surface area contributed by atoms with Crippen molar-refractivity contribution in [2.24, 2.45) is 12.8 Å². The fraction of sp³-hybridized carbons (Fsp3) is 0.583.